The minimum Gasteiger partial charge on any atom is -0.340 e. The van der Waals surface area contributed by atoms with Crippen LogP contribution >= 0.6 is 21.6 Å². The van der Waals surface area contributed by atoms with Crippen LogP contribution < -0.4 is 0 Å². The van der Waals surface area contributed by atoms with Crippen LogP contribution in [0.15, 0.2) is 0 Å². The highest BCUT2D eigenvalue weighted by molar-refractivity contribution is 8.77. The van der Waals surface area contributed by atoms with Crippen LogP contribution in [-0.4, -0.2) is 66.1 Å². The van der Waals surface area contributed by atoms with E-state index in [1.807, 2.05) is 26.5 Å². The third-order valence-electron chi connectivity index (χ3n) is 4.02. The Morgan fingerprint density at radius 1 is 1.20 bits per heavy atom. The Morgan fingerprint density at radius 2 is 2.00 bits per heavy atom. The first-order valence-electron chi connectivity index (χ1n) is 7.64. The summed E-state index contributed by atoms with van der Waals surface area (Å²) in [5.41, 5.74) is 0. The average molecular weight is 320 g/mol. The predicted octanol–water partition coefficient (Wildman–Crippen LogP) is 2.81. The number of amides is 1. The molecule has 6 heteroatoms. The zero-order valence-electron chi connectivity index (χ0n) is 12.1. The molecule has 116 valence electrons. The van der Waals surface area contributed by atoms with Gasteiger partial charge in [0.25, 0.3) is 0 Å². The van der Waals surface area contributed by atoms with E-state index in [-0.39, 0.29) is 6.67 Å². The molecule has 2 aliphatic rings. The molecule has 0 spiro atoms. The van der Waals surface area contributed by atoms with E-state index in [1.54, 1.807) is 0 Å². The smallest absolute Gasteiger partial charge is 0.222 e. The number of alkyl halides is 1. The Labute approximate surface area is 129 Å². The number of hydrogen-bond acceptors (Lipinski definition) is 4. The lowest BCUT2D eigenvalue weighted by Crippen LogP contribution is -2.49. The molecule has 0 N–H and O–H groups in total. The highest BCUT2D eigenvalue weighted by Gasteiger charge is 2.21. The molecule has 3 nitrogen and oxygen atoms in total. The van der Waals surface area contributed by atoms with E-state index in [4.69, 9.17) is 0 Å². The zero-order chi connectivity index (χ0) is 14.2. The predicted molar refractivity (Wildman–Crippen MR) is 85.9 cm³/mol. The van der Waals surface area contributed by atoms with E-state index < -0.39 is 0 Å². The molecule has 2 rings (SSSR count). The third-order valence-corrected chi connectivity index (χ3v) is 7.03. The number of nitrogens with zero attached hydrogens (tertiary/aromatic N) is 2. The van der Waals surface area contributed by atoms with E-state index >= 15 is 0 Å². The van der Waals surface area contributed by atoms with Crippen molar-refractivity contribution in [2.75, 3.05) is 45.2 Å². The molecule has 0 radical (unpaired) electrons. The van der Waals surface area contributed by atoms with Gasteiger partial charge < -0.3 is 4.90 Å². The van der Waals surface area contributed by atoms with Crippen molar-refractivity contribution in [3.05, 3.63) is 0 Å². The fraction of sp³-hybridized carbons (Fsp3) is 0.929. The third kappa shape index (κ3) is 5.45. The van der Waals surface area contributed by atoms with Gasteiger partial charge in [0.05, 0.1) is 0 Å². The number of halogens is 1. The zero-order valence-corrected chi connectivity index (χ0v) is 13.7. The van der Waals surface area contributed by atoms with Crippen LogP contribution in [0.1, 0.15) is 32.1 Å². The number of hydrogen-bond donors (Lipinski definition) is 0. The molecule has 2 aliphatic heterocycles. The highest BCUT2D eigenvalue weighted by Crippen LogP contribution is 2.39. The highest BCUT2D eigenvalue weighted by atomic mass is 33.1. The number of carbonyl (C=O) groups excluding carboxylic acids is 1. The number of rotatable bonds is 7. The monoisotopic (exact) mass is 320 g/mol. The number of carbonyl (C=O) groups is 1. The van der Waals surface area contributed by atoms with Crippen molar-refractivity contribution in [1.29, 1.82) is 0 Å². The largest absolute Gasteiger partial charge is 0.340 e. The van der Waals surface area contributed by atoms with E-state index in [0.717, 1.165) is 37.8 Å². The first-order chi connectivity index (χ1) is 9.79. The van der Waals surface area contributed by atoms with Crippen LogP contribution in [0.25, 0.3) is 0 Å². The van der Waals surface area contributed by atoms with Crippen LogP contribution in [0, 0.1) is 0 Å². The summed E-state index contributed by atoms with van der Waals surface area (Å²) in [6.45, 7) is 3.42. The molecular formula is C14H25FN2OS2. The number of piperazine rings is 1. The molecule has 2 fully saturated rings. The molecule has 2 saturated heterocycles. The van der Waals surface area contributed by atoms with Crippen LogP contribution in [0.2, 0.25) is 0 Å². The van der Waals surface area contributed by atoms with Gasteiger partial charge in [0.15, 0.2) is 0 Å². The fourth-order valence-corrected chi connectivity index (χ4v) is 5.74. The summed E-state index contributed by atoms with van der Waals surface area (Å²) in [6.07, 6.45) is 5.47. The summed E-state index contributed by atoms with van der Waals surface area (Å²) < 4.78 is 12.2. The summed E-state index contributed by atoms with van der Waals surface area (Å²) in [7, 11) is 4.00. The lowest BCUT2D eigenvalue weighted by molar-refractivity contribution is -0.133. The second kappa shape index (κ2) is 9.15. The molecule has 0 aliphatic carbocycles. The molecule has 0 aromatic heterocycles. The van der Waals surface area contributed by atoms with Gasteiger partial charge in [0.1, 0.15) is 6.67 Å². The quantitative estimate of drug-likeness (QED) is 0.532. The second-order valence-corrected chi connectivity index (χ2v) is 8.27. The first kappa shape index (κ1) is 16.4. The van der Waals surface area contributed by atoms with E-state index in [0.29, 0.717) is 18.9 Å². The van der Waals surface area contributed by atoms with Crippen molar-refractivity contribution in [2.24, 2.45) is 0 Å². The van der Waals surface area contributed by atoms with Gasteiger partial charge in [-0.2, -0.15) is 0 Å². The summed E-state index contributed by atoms with van der Waals surface area (Å²) in [4.78, 5) is 16.1. The van der Waals surface area contributed by atoms with Crippen molar-refractivity contribution in [3.63, 3.8) is 0 Å². The maximum Gasteiger partial charge on any atom is 0.222 e. The van der Waals surface area contributed by atoms with Gasteiger partial charge in [-0.25, -0.2) is 4.39 Å². The van der Waals surface area contributed by atoms with Crippen molar-refractivity contribution in [1.82, 2.24) is 9.80 Å². The second-order valence-electron chi connectivity index (χ2n) is 5.49. The standard InChI is InChI=1S/C14H25FN2OS2/c15-6-7-16-8-10-17(11-9-16)14(18)4-2-1-3-13-5-12-19-20-13/h13H,1-12H2. The Balaban J connectivity index is 1.53. The summed E-state index contributed by atoms with van der Waals surface area (Å²) in [5.74, 6) is 1.58. The van der Waals surface area contributed by atoms with Crippen LogP contribution in [0.5, 0.6) is 0 Å². The van der Waals surface area contributed by atoms with Crippen molar-refractivity contribution >= 4 is 27.5 Å². The van der Waals surface area contributed by atoms with Crippen molar-refractivity contribution in [2.45, 2.75) is 37.4 Å². The average Bonchev–Trinajstić information content (AvgIpc) is 2.98. The SMILES string of the molecule is O=C(CCCCC1CCSS1)N1CCN(CCF)CC1. The maximum atomic E-state index is 12.2. The molecule has 1 amide bonds. The molecule has 1 unspecified atom stereocenters. The number of unbranched alkanes of at least 4 members (excludes halogenated alkanes) is 1. The van der Waals surface area contributed by atoms with E-state index in [1.165, 1.54) is 25.0 Å². The van der Waals surface area contributed by atoms with Crippen LogP contribution in [0.4, 0.5) is 4.39 Å². The molecule has 0 aromatic rings. The van der Waals surface area contributed by atoms with Gasteiger partial charge in [0.2, 0.25) is 5.91 Å². The molecular weight excluding hydrogens is 295 g/mol. The molecule has 0 aromatic carbocycles. The fourth-order valence-electron chi connectivity index (χ4n) is 2.71. The lowest BCUT2D eigenvalue weighted by atomic mass is 10.1. The normalized spacial score (nSPS) is 24.2. The summed E-state index contributed by atoms with van der Waals surface area (Å²) in [6, 6.07) is 0. The van der Waals surface area contributed by atoms with Crippen LogP contribution in [-0.2, 0) is 4.79 Å². The van der Waals surface area contributed by atoms with Gasteiger partial charge >= 0.3 is 0 Å². The first-order valence-corrected chi connectivity index (χ1v) is 10.0. The van der Waals surface area contributed by atoms with Crippen molar-refractivity contribution < 1.29 is 9.18 Å². The Hall–Kier alpha value is 0.0600. The van der Waals surface area contributed by atoms with Gasteiger partial charge in [-0.3, -0.25) is 9.69 Å². The molecule has 1 atom stereocenters. The maximum absolute atomic E-state index is 12.2. The van der Waals surface area contributed by atoms with Gasteiger partial charge in [0, 0.05) is 50.1 Å². The Morgan fingerprint density at radius 3 is 2.65 bits per heavy atom. The molecule has 20 heavy (non-hydrogen) atoms. The minimum absolute atomic E-state index is 0.286. The van der Waals surface area contributed by atoms with Gasteiger partial charge in [-0.05, 0) is 19.3 Å². The van der Waals surface area contributed by atoms with Crippen LogP contribution in [0.3, 0.4) is 0 Å². The summed E-state index contributed by atoms with van der Waals surface area (Å²) >= 11 is 0. The molecule has 0 saturated carbocycles. The Kier molecular flexibility index (Phi) is 7.52. The molecule has 0 bridgehead atoms. The van der Waals surface area contributed by atoms with Crippen molar-refractivity contribution in [3.8, 4) is 0 Å². The Bertz CT molecular complexity index is 293. The molecule has 2 heterocycles. The van der Waals surface area contributed by atoms with Gasteiger partial charge in [-0.15, -0.1) is 0 Å². The lowest BCUT2D eigenvalue weighted by Gasteiger charge is -2.34. The van der Waals surface area contributed by atoms with E-state index in [9.17, 15) is 9.18 Å². The van der Waals surface area contributed by atoms with E-state index in [2.05, 4.69) is 4.90 Å². The minimum atomic E-state index is -0.286. The topological polar surface area (TPSA) is 23.6 Å². The summed E-state index contributed by atoms with van der Waals surface area (Å²) in [5, 5.41) is 0.819. The van der Waals surface area contributed by atoms with Gasteiger partial charge in [-0.1, -0.05) is 28.0 Å².